The number of halogens is 4. The number of anilines is 1. The van der Waals surface area contributed by atoms with E-state index in [1.54, 1.807) is 18.2 Å². The Morgan fingerprint density at radius 3 is 2.46 bits per heavy atom. The molecule has 1 aromatic heterocycles. The molecule has 24 heavy (non-hydrogen) atoms. The highest BCUT2D eigenvalue weighted by Gasteiger charge is 2.39. The van der Waals surface area contributed by atoms with Crippen LogP contribution in [0.3, 0.4) is 0 Å². The van der Waals surface area contributed by atoms with Gasteiger partial charge in [0, 0.05) is 13.1 Å². The molecule has 1 N–H and O–H groups in total. The summed E-state index contributed by atoms with van der Waals surface area (Å²) < 4.78 is 53.3. The van der Waals surface area contributed by atoms with Crippen LogP contribution in [0.1, 0.15) is 29.9 Å². The van der Waals surface area contributed by atoms with E-state index >= 15 is 0 Å². The Bertz CT molecular complexity index is 779. The van der Waals surface area contributed by atoms with Gasteiger partial charge in [0.2, 0.25) is 0 Å². The Balaban J connectivity index is 1.82. The molecule has 0 aliphatic carbocycles. The Labute approximate surface area is 135 Å². The number of hydrogen-bond acceptors (Lipinski definition) is 3. The number of piperidine rings is 1. The number of nitrogens with one attached hydrogen (secondary N) is 1. The van der Waals surface area contributed by atoms with Crippen molar-refractivity contribution >= 4 is 5.69 Å². The molecular formula is C16H15F4N3O. The topological polar surface area (TPSA) is 49.0 Å². The van der Waals surface area contributed by atoms with Crippen molar-refractivity contribution in [2.24, 2.45) is 0 Å². The third-order valence-electron chi connectivity index (χ3n) is 4.30. The minimum atomic E-state index is -4.76. The number of nitrogens with zero attached hydrogens (tertiary/aromatic N) is 2. The van der Waals surface area contributed by atoms with Gasteiger partial charge in [-0.3, -0.25) is 4.79 Å². The summed E-state index contributed by atoms with van der Waals surface area (Å²) in [6.07, 6.45) is -2.72. The predicted octanol–water partition coefficient (Wildman–Crippen LogP) is 3.31. The van der Waals surface area contributed by atoms with Crippen LogP contribution in [0.4, 0.5) is 23.2 Å². The average molecular weight is 341 g/mol. The van der Waals surface area contributed by atoms with Crippen LogP contribution in [-0.2, 0) is 6.18 Å². The van der Waals surface area contributed by atoms with E-state index in [4.69, 9.17) is 0 Å². The van der Waals surface area contributed by atoms with Crippen molar-refractivity contribution < 1.29 is 17.6 Å². The lowest BCUT2D eigenvalue weighted by Gasteiger charge is -2.34. The molecule has 8 heteroatoms. The first-order chi connectivity index (χ1) is 11.4. The molecule has 0 amide bonds. The summed E-state index contributed by atoms with van der Waals surface area (Å²) in [4.78, 5) is 13.0. The summed E-state index contributed by atoms with van der Waals surface area (Å²) in [6.45, 7) is 0.598. The van der Waals surface area contributed by atoms with E-state index in [1.807, 2.05) is 5.10 Å². The van der Waals surface area contributed by atoms with E-state index in [-0.39, 0.29) is 17.4 Å². The standard InChI is InChI=1S/C16H15F4N3O/c17-12-4-2-1-3-11(12)10-5-7-23(8-6-10)13-9-21-22-15(24)14(13)16(18,19)20/h1-4,9-10H,5-8H2,(H,22,24). The van der Waals surface area contributed by atoms with Crippen LogP contribution in [0.2, 0.25) is 0 Å². The highest BCUT2D eigenvalue weighted by Crippen LogP contribution is 2.36. The molecule has 1 aromatic carbocycles. The first kappa shape index (κ1) is 16.5. The van der Waals surface area contributed by atoms with Gasteiger partial charge in [-0.1, -0.05) is 18.2 Å². The maximum absolute atomic E-state index is 13.8. The van der Waals surface area contributed by atoms with Crippen LogP contribution in [0.5, 0.6) is 0 Å². The van der Waals surface area contributed by atoms with Crippen molar-refractivity contribution in [3.8, 4) is 0 Å². The summed E-state index contributed by atoms with van der Waals surface area (Å²) in [7, 11) is 0. The SMILES string of the molecule is O=c1[nH]ncc(N2CCC(c3ccccc3F)CC2)c1C(F)(F)F. The average Bonchev–Trinajstić information content (AvgIpc) is 2.54. The van der Waals surface area contributed by atoms with Crippen molar-refractivity contribution in [1.29, 1.82) is 0 Å². The zero-order chi connectivity index (χ0) is 17.3. The van der Waals surface area contributed by atoms with Gasteiger partial charge in [-0.05, 0) is 30.4 Å². The Morgan fingerprint density at radius 2 is 1.83 bits per heavy atom. The second-order valence-electron chi connectivity index (χ2n) is 5.74. The number of alkyl halides is 3. The summed E-state index contributed by atoms with van der Waals surface area (Å²) in [5, 5.41) is 5.31. The van der Waals surface area contributed by atoms with Crippen LogP contribution in [0.15, 0.2) is 35.3 Å². The van der Waals surface area contributed by atoms with Crippen molar-refractivity contribution in [3.05, 3.63) is 57.8 Å². The minimum absolute atomic E-state index is 0.0493. The second-order valence-corrected chi connectivity index (χ2v) is 5.74. The van der Waals surface area contributed by atoms with E-state index in [2.05, 4.69) is 5.10 Å². The molecule has 0 bridgehead atoms. The van der Waals surface area contributed by atoms with Crippen LogP contribution >= 0.6 is 0 Å². The number of rotatable bonds is 2. The molecule has 128 valence electrons. The highest BCUT2D eigenvalue weighted by atomic mass is 19.4. The van der Waals surface area contributed by atoms with E-state index in [9.17, 15) is 22.4 Å². The van der Waals surface area contributed by atoms with E-state index in [0.29, 0.717) is 31.5 Å². The highest BCUT2D eigenvalue weighted by molar-refractivity contribution is 5.52. The van der Waals surface area contributed by atoms with Crippen LogP contribution in [0.25, 0.3) is 0 Å². The van der Waals surface area contributed by atoms with E-state index < -0.39 is 17.3 Å². The lowest BCUT2D eigenvalue weighted by molar-refractivity contribution is -0.138. The normalized spacial score (nSPS) is 16.4. The molecule has 1 aliphatic rings. The third kappa shape index (κ3) is 3.13. The van der Waals surface area contributed by atoms with Crippen molar-refractivity contribution in [3.63, 3.8) is 0 Å². The van der Waals surface area contributed by atoms with Gasteiger partial charge in [-0.2, -0.15) is 18.3 Å². The predicted molar refractivity (Wildman–Crippen MR) is 80.4 cm³/mol. The largest absolute Gasteiger partial charge is 0.423 e. The monoisotopic (exact) mass is 341 g/mol. The zero-order valence-electron chi connectivity index (χ0n) is 12.6. The smallest absolute Gasteiger partial charge is 0.370 e. The Kier molecular flexibility index (Phi) is 4.29. The lowest BCUT2D eigenvalue weighted by atomic mass is 9.89. The molecular weight excluding hydrogens is 326 g/mol. The maximum atomic E-state index is 13.8. The first-order valence-corrected chi connectivity index (χ1v) is 7.52. The van der Waals surface area contributed by atoms with Gasteiger partial charge in [0.1, 0.15) is 11.4 Å². The molecule has 2 aromatic rings. The third-order valence-corrected chi connectivity index (χ3v) is 4.30. The fraction of sp³-hybridized carbons (Fsp3) is 0.375. The first-order valence-electron chi connectivity index (χ1n) is 7.52. The second kappa shape index (κ2) is 6.26. The van der Waals surface area contributed by atoms with Crippen molar-refractivity contribution in [2.75, 3.05) is 18.0 Å². The fourth-order valence-corrected chi connectivity index (χ4v) is 3.14. The summed E-state index contributed by atoms with van der Waals surface area (Å²) in [5.74, 6) is -0.350. The molecule has 0 unspecified atom stereocenters. The van der Waals surface area contributed by atoms with Crippen LogP contribution in [0, 0.1) is 5.82 Å². The Morgan fingerprint density at radius 1 is 1.17 bits per heavy atom. The van der Waals surface area contributed by atoms with Gasteiger partial charge >= 0.3 is 6.18 Å². The molecule has 0 atom stereocenters. The maximum Gasteiger partial charge on any atom is 0.423 e. The number of hydrogen-bond donors (Lipinski definition) is 1. The fourth-order valence-electron chi connectivity index (χ4n) is 3.14. The lowest BCUT2D eigenvalue weighted by Crippen LogP contribution is -2.37. The Hall–Kier alpha value is -2.38. The molecule has 0 radical (unpaired) electrons. The zero-order valence-corrected chi connectivity index (χ0v) is 12.6. The van der Waals surface area contributed by atoms with E-state index in [1.165, 1.54) is 11.0 Å². The van der Waals surface area contributed by atoms with Gasteiger partial charge in [-0.25, -0.2) is 9.49 Å². The van der Waals surface area contributed by atoms with Gasteiger partial charge in [0.25, 0.3) is 5.56 Å². The number of benzene rings is 1. The van der Waals surface area contributed by atoms with E-state index in [0.717, 1.165) is 6.20 Å². The van der Waals surface area contributed by atoms with Crippen LogP contribution in [-0.4, -0.2) is 23.3 Å². The summed E-state index contributed by atoms with van der Waals surface area (Å²) >= 11 is 0. The van der Waals surface area contributed by atoms with Gasteiger partial charge in [0.05, 0.1) is 11.9 Å². The summed E-state index contributed by atoms with van der Waals surface area (Å²) in [5.41, 5.74) is -2.13. The molecule has 4 nitrogen and oxygen atoms in total. The van der Waals surface area contributed by atoms with Gasteiger partial charge < -0.3 is 4.90 Å². The number of H-pyrrole nitrogens is 1. The van der Waals surface area contributed by atoms with Gasteiger partial charge in [0.15, 0.2) is 0 Å². The number of aromatic nitrogens is 2. The van der Waals surface area contributed by atoms with Crippen LogP contribution < -0.4 is 10.5 Å². The molecule has 1 saturated heterocycles. The molecule has 1 aliphatic heterocycles. The molecule has 1 fully saturated rings. The molecule has 2 heterocycles. The molecule has 3 rings (SSSR count). The molecule has 0 saturated carbocycles. The number of aromatic amines is 1. The van der Waals surface area contributed by atoms with Crippen molar-refractivity contribution in [1.82, 2.24) is 10.2 Å². The molecule has 0 spiro atoms. The quantitative estimate of drug-likeness (QED) is 0.853. The van der Waals surface area contributed by atoms with Gasteiger partial charge in [-0.15, -0.1) is 0 Å². The minimum Gasteiger partial charge on any atom is -0.370 e. The van der Waals surface area contributed by atoms with Crippen molar-refractivity contribution in [2.45, 2.75) is 24.9 Å². The summed E-state index contributed by atoms with van der Waals surface area (Å²) in [6, 6.07) is 6.42.